The van der Waals surface area contributed by atoms with Gasteiger partial charge in [-0.05, 0) is 63.3 Å². The normalized spacial score (nSPS) is 18.1. The van der Waals surface area contributed by atoms with E-state index in [2.05, 4.69) is 44.3 Å². The molecule has 1 fully saturated rings. The lowest BCUT2D eigenvalue weighted by molar-refractivity contribution is 0.189. The molecule has 1 saturated carbocycles. The Bertz CT molecular complexity index is 404. The molecule has 1 unspecified atom stereocenters. The van der Waals surface area contributed by atoms with E-state index < -0.39 is 0 Å². The smallest absolute Gasteiger partial charge is 0.0408 e. The molecule has 2 rings (SSSR count). The second kappa shape index (κ2) is 6.28. The van der Waals surface area contributed by atoms with Crippen LogP contribution in [-0.2, 0) is 6.42 Å². The van der Waals surface area contributed by atoms with E-state index in [-0.39, 0.29) is 5.54 Å². The van der Waals surface area contributed by atoms with E-state index in [4.69, 9.17) is 11.6 Å². The number of hydrogen-bond donors (Lipinski definition) is 1. The molecule has 0 aliphatic heterocycles. The van der Waals surface area contributed by atoms with Crippen molar-refractivity contribution in [3.63, 3.8) is 0 Å². The summed E-state index contributed by atoms with van der Waals surface area (Å²) in [7, 11) is 0. The van der Waals surface area contributed by atoms with Crippen LogP contribution in [0.5, 0.6) is 0 Å². The maximum absolute atomic E-state index is 6.09. The highest BCUT2D eigenvalue weighted by molar-refractivity contribution is 6.30. The van der Waals surface area contributed by atoms with Crippen LogP contribution in [0.15, 0.2) is 24.3 Å². The minimum absolute atomic E-state index is 0.205. The highest BCUT2D eigenvalue weighted by Crippen LogP contribution is 2.35. The van der Waals surface area contributed by atoms with E-state index in [1.165, 1.54) is 24.8 Å². The first kappa shape index (κ1) is 14.9. The van der Waals surface area contributed by atoms with E-state index in [9.17, 15) is 0 Å². The van der Waals surface area contributed by atoms with Gasteiger partial charge in [-0.3, -0.25) is 0 Å². The van der Waals surface area contributed by atoms with E-state index >= 15 is 0 Å². The SMILES string of the molecule is CC(C)(C)NCC(Cc1cccc(Cl)c1)C1CCC1. The summed E-state index contributed by atoms with van der Waals surface area (Å²) in [5.74, 6) is 1.64. The molecule has 0 heterocycles. The van der Waals surface area contributed by atoms with E-state index in [1.807, 2.05) is 6.07 Å². The summed E-state index contributed by atoms with van der Waals surface area (Å²) >= 11 is 6.09. The minimum atomic E-state index is 0.205. The zero-order valence-corrected chi connectivity index (χ0v) is 13.1. The maximum atomic E-state index is 6.09. The predicted octanol–water partition coefficient (Wildman–Crippen LogP) is 4.69. The molecule has 1 aliphatic rings. The van der Waals surface area contributed by atoms with Gasteiger partial charge in [-0.1, -0.05) is 43.0 Å². The molecule has 0 amide bonds. The summed E-state index contributed by atoms with van der Waals surface area (Å²) in [5, 5.41) is 4.53. The van der Waals surface area contributed by atoms with Gasteiger partial charge in [0.1, 0.15) is 0 Å². The second-order valence-electron chi connectivity index (χ2n) is 6.92. The number of rotatable bonds is 5. The van der Waals surface area contributed by atoms with Gasteiger partial charge in [-0.25, -0.2) is 0 Å². The second-order valence-corrected chi connectivity index (χ2v) is 7.35. The largest absolute Gasteiger partial charge is 0.312 e. The third-order valence-electron chi connectivity index (χ3n) is 4.10. The van der Waals surface area contributed by atoms with Gasteiger partial charge in [0.2, 0.25) is 0 Å². The molecular formula is C17H26ClN. The fraction of sp³-hybridized carbons (Fsp3) is 0.647. The summed E-state index contributed by atoms with van der Waals surface area (Å²) in [6.07, 6.45) is 5.36. The lowest BCUT2D eigenvalue weighted by Crippen LogP contribution is -2.42. The molecule has 0 aromatic heterocycles. The molecule has 1 atom stereocenters. The molecule has 19 heavy (non-hydrogen) atoms. The Morgan fingerprint density at radius 1 is 1.32 bits per heavy atom. The van der Waals surface area contributed by atoms with Gasteiger partial charge in [0.15, 0.2) is 0 Å². The average molecular weight is 280 g/mol. The van der Waals surface area contributed by atoms with Crippen LogP contribution < -0.4 is 5.32 Å². The fourth-order valence-electron chi connectivity index (χ4n) is 2.72. The van der Waals surface area contributed by atoms with Gasteiger partial charge in [-0.2, -0.15) is 0 Å². The Balaban J connectivity index is 1.97. The van der Waals surface area contributed by atoms with E-state index in [0.29, 0.717) is 0 Å². The van der Waals surface area contributed by atoms with Gasteiger partial charge < -0.3 is 5.32 Å². The molecule has 106 valence electrons. The van der Waals surface area contributed by atoms with Crippen LogP contribution in [0, 0.1) is 11.8 Å². The number of benzene rings is 1. The molecule has 0 radical (unpaired) electrons. The summed E-state index contributed by atoms with van der Waals surface area (Å²) in [5.41, 5.74) is 1.58. The highest BCUT2D eigenvalue weighted by atomic mass is 35.5. The van der Waals surface area contributed by atoms with Crippen molar-refractivity contribution in [3.05, 3.63) is 34.9 Å². The van der Waals surface area contributed by atoms with Gasteiger partial charge >= 0.3 is 0 Å². The molecular weight excluding hydrogens is 254 g/mol. The standard InChI is InChI=1S/C17H26ClN/c1-17(2,3)19-12-15(14-7-5-8-14)10-13-6-4-9-16(18)11-13/h4,6,9,11,14-15,19H,5,7-8,10,12H2,1-3H3. The lowest BCUT2D eigenvalue weighted by atomic mass is 9.73. The van der Waals surface area contributed by atoms with Crippen molar-refractivity contribution < 1.29 is 0 Å². The summed E-state index contributed by atoms with van der Waals surface area (Å²) in [6.45, 7) is 7.83. The number of nitrogens with one attached hydrogen (secondary N) is 1. The van der Waals surface area contributed by atoms with Crippen molar-refractivity contribution in [2.75, 3.05) is 6.54 Å². The molecule has 1 aromatic rings. The predicted molar refractivity (Wildman–Crippen MR) is 83.7 cm³/mol. The first-order valence-electron chi connectivity index (χ1n) is 7.43. The first-order chi connectivity index (χ1) is 8.94. The Morgan fingerprint density at radius 2 is 2.05 bits per heavy atom. The van der Waals surface area contributed by atoms with Gasteiger partial charge in [0.25, 0.3) is 0 Å². The fourth-order valence-corrected chi connectivity index (χ4v) is 2.93. The van der Waals surface area contributed by atoms with Crippen LogP contribution in [0.25, 0.3) is 0 Å². The third kappa shape index (κ3) is 4.81. The van der Waals surface area contributed by atoms with Gasteiger partial charge in [0, 0.05) is 10.6 Å². The number of halogens is 1. The van der Waals surface area contributed by atoms with E-state index in [0.717, 1.165) is 29.8 Å². The Kier molecular flexibility index (Phi) is 4.92. The zero-order chi connectivity index (χ0) is 13.9. The number of hydrogen-bond acceptors (Lipinski definition) is 1. The van der Waals surface area contributed by atoms with Crippen LogP contribution in [0.2, 0.25) is 5.02 Å². The molecule has 0 saturated heterocycles. The topological polar surface area (TPSA) is 12.0 Å². The van der Waals surface area contributed by atoms with Crippen LogP contribution in [-0.4, -0.2) is 12.1 Å². The quantitative estimate of drug-likeness (QED) is 0.825. The van der Waals surface area contributed by atoms with E-state index in [1.54, 1.807) is 0 Å². The van der Waals surface area contributed by atoms with Crippen molar-refractivity contribution in [3.8, 4) is 0 Å². The summed E-state index contributed by atoms with van der Waals surface area (Å²) in [4.78, 5) is 0. The summed E-state index contributed by atoms with van der Waals surface area (Å²) < 4.78 is 0. The average Bonchev–Trinajstić information content (AvgIpc) is 2.22. The molecule has 1 aromatic carbocycles. The van der Waals surface area contributed by atoms with Crippen LogP contribution >= 0.6 is 11.6 Å². The highest BCUT2D eigenvalue weighted by Gasteiger charge is 2.28. The van der Waals surface area contributed by atoms with Crippen molar-refractivity contribution in [1.29, 1.82) is 0 Å². The summed E-state index contributed by atoms with van der Waals surface area (Å²) in [6, 6.07) is 8.34. The molecule has 0 bridgehead atoms. The molecule has 2 heteroatoms. The molecule has 1 aliphatic carbocycles. The van der Waals surface area contributed by atoms with Gasteiger partial charge in [-0.15, -0.1) is 0 Å². The molecule has 1 N–H and O–H groups in total. The first-order valence-corrected chi connectivity index (χ1v) is 7.81. The zero-order valence-electron chi connectivity index (χ0n) is 12.4. The maximum Gasteiger partial charge on any atom is 0.0408 e. The monoisotopic (exact) mass is 279 g/mol. The van der Waals surface area contributed by atoms with Crippen molar-refractivity contribution in [2.24, 2.45) is 11.8 Å². The van der Waals surface area contributed by atoms with Crippen LogP contribution in [0.3, 0.4) is 0 Å². The lowest BCUT2D eigenvalue weighted by Gasteiger charge is -2.36. The Labute approximate surface area is 122 Å². The van der Waals surface area contributed by atoms with Gasteiger partial charge in [0.05, 0.1) is 0 Å². The Hall–Kier alpha value is -0.530. The van der Waals surface area contributed by atoms with Crippen molar-refractivity contribution in [2.45, 2.75) is 52.0 Å². The van der Waals surface area contributed by atoms with Crippen LogP contribution in [0.1, 0.15) is 45.6 Å². The van der Waals surface area contributed by atoms with Crippen LogP contribution in [0.4, 0.5) is 0 Å². The Morgan fingerprint density at radius 3 is 2.58 bits per heavy atom. The third-order valence-corrected chi connectivity index (χ3v) is 4.33. The van der Waals surface area contributed by atoms with Crippen molar-refractivity contribution in [1.82, 2.24) is 5.32 Å². The molecule has 1 nitrogen and oxygen atoms in total. The molecule has 0 spiro atoms. The van der Waals surface area contributed by atoms with Crippen molar-refractivity contribution >= 4 is 11.6 Å². The minimum Gasteiger partial charge on any atom is -0.312 e.